The quantitative estimate of drug-likeness (QED) is 0.0127. The number of carboxylic acids is 1. The number of carbonyl (C=O) groups is 9. The lowest BCUT2D eigenvalue weighted by Gasteiger charge is -2.32. The van der Waals surface area contributed by atoms with Crippen LogP contribution in [0.15, 0.2) is 127 Å². The number of aliphatic carboxylic acids is 1. The minimum absolute atomic E-state index is 0.00279. The topological polar surface area (TPSA) is 375 Å². The van der Waals surface area contributed by atoms with E-state index in [0.717, 1.165) is 0 Å². The average Bonchev–Trinajstić information content (AvgIpc) is 4.14. The molecule has 0 saturated carbocycles. The van der Waals surface area contributed by atoms with Crippen molar-refractivity contribution < 1.29 is 53.4 Å². The van der Waals surface area contributed by atoms with E-state index in [9.17, 15) is 53.4 Å². The molecule has 0 unspecified atom stereocenters. The first-order valence-electron chi connectivity index (χ1n) is 27.9. The predicted octanol–water partition coefficient (Wildman–Crippen LogP) is 0.920. The molecule has 0 aliphatic carbocycles. The number of aromatic nitrogens is 2. The van der Waals surface area contributed by atoms with Gasteiger partial charge in [0, 0.05) is 61.8 Å². The number of likely N-dealkylation sites (N-methyl/N-ethyl adjacent to an activating group) is 1. The Morgan fingerprint density at radius 2 is 1.24 bits per heavy atom. The van der Waals surface area contributed by atoms with Crippen LogP contribution in [0, 0.1) is 5.92 Å². The molecule has 1 aliphatic rings. The Kier molecular flexibility index (Phi) is 24.0. The number of imidazole rings is 1. The summed E-state index contributed by atoms with van der Waals surface area (Å²) in [5.41, 5.74) is 14.0. The maximum absolute atomic E-state index is 14.9. The Balaban J connectivity index is 1.27. The summed E-state index contributed by atoms with van der Waals surface area (Å²) in [5.74, 6) is -7.36. The second-order valence-corrected chi connectivity index (χ2v) is 20.7. The van der Waals surface area contributed by atoms with Crippen LogP contribution in [0.4, 0.5) is 0 Å². The number of hydrogen-bond acceptors (Lipinski definition) is 13. The number of aromatic hydroxyl groups is 1. The minimum atomic E-state index is -1.46. The number of phenols is 1. The SMILES string of the molecule is CC[C@H](C)[C@H](NC(=O)[C@H](Cc1ccc(O)cc1)NC(=O)[C@H](Cc1ccc(C(=O)c2ccccc2)cc1)NC(=O)[C@H](CCCN=C(N)N)NC(=O)CNC)C(=O)N[C@@H](Cc1cnc[nH]1)C(=O)N1CCC[C@H]1C(=O)N[C@@H](Cc1ccccc1)C(=O)O. The number of guanidine groups is 1. The van der Waals surface area contributed by atoms with Gasteiger partial charge in [-0.1, -0.05) is 117 Å². The van der Waals surface area contributed by atoms with Gasteiger partial charge in [0.15, 0.2) is 11.7 Å². The molecule has 0 spiro atoms. The summed E-state index contributed by atoms with van der Waals surface area (Å²) in [6.45, 7) is 3.62. The molecule has 2 heterocycles. The molecule has 446 valence electrons. The maximum atomic E-state index is 14.9. The molecule has 4 aromatic carbocycles. The van der Waals surface area contributed by atoms with Crippen molar-refractivity contribution in [3.8, 4) is 5.75 Å². The molecule has 24 nitrogen and oxygen atoms in total. The molecule has 1 fully saturated rings. The van der Waals surface area contributed by atoms with Crippen molar-refractivity contribution >= 4 is 59.1 Å². The Hall–Kier alpha value is -9.45. The minimum Gasteiger partial charge on any atom is -0.508 e. The van der Waals surface area contributed by atoms with E-state index in [-0.39, 0.29) is 82.1 Å². The Morgan fingerprint density at radius 3 is 1.82 bits per heavy atom. The lowest BCUT2D eigenvalue weighted by molar-refractivity contribution is -0.145. The van der Waals surface area contributed by atoms with Gasteiger partial charge in [-0.25, -0.2) is 9.78 Å². The monoisotopic (exact) mass is 1150 g/mol. The standard InChI is InChI=1S/C60H75N13O11/c1-4-36(2)51(57(81)70-47(32-42-33-64-35-66-42)58(82)73-28-12-18-49(73)56(80)71-48(59(83)84)31-37-13-7-5-8-14-37)72-55(79)46(30-39-21-25-43(74)26-22-39)69-54(78)45(29-38-19-23-41(24-20-38)52(76)40-15-9-6-10-16-40)68-53(77)44(67-50(75)34-63-3)17-11-27-65-60(61)62/h5-10,13-16,19-26,33,35-36,44-49,51,63,74H,4,11-12,17-18,27-32,34H2,1-3H3,(H,64,66)(H,67,75)(H,68,77)(H,69,78)(H,70,81)(H,71,80)(H,72,79)(H,83,84)(H4,61,62,65)/t36-,44-,45-,46-,47-,48-,49-,51-/m0/s1. The van der Waals surface area contributed by atoms with Gasteiger partial charge >= 0.3 is 5.97 Å². The van der Waals surface area contributed by atoms with Crippen LogP contribution < -0.4 is 48.7 Å². The molecule has 1 aromatic heterocycles. The van der Waals surface area contributed by atoms with Crippen LogP contribution in [0.3, 0.4) is 0 Å². The molecule has 14 N–H and O–H groups in total. The summed E-state index contributed by atoms with van der Waals surface area (Å²) in [7, 11) is 1.55. The van der Waals surface area contributed by atoms with Crippen molar-refractivity contribution in [3.05, 3.63) is 155 Å². The summed E-state index contributed by atoms with van der Waals surface area (Å²) in [6, 6.07) is 20.6. The highest BCUT2D eigenvalue weighted by Crippen LogP contribution is 2.22. The first kappa shape index (κ1) is 63.7. The average molecular weight is 1150 g/mol. The van der Waals surface area contributed by atoms with Crippen LogP contribution in [0.2, 0.25) is 0 Å². The van der Waals surface area contributed by atoms with E-state index in [4.69, 9.17) is 11.5 Å². The van der Waals surface area contributed by atoms with Gasteiger partial charge in [0.05, 0.1) is 12.9 Å². The number of phenolic OH excluding ortho intramolecular Hbond substituents is 1. The highest BCUT2D eigenvalue weighted by atomic mass is 16.4. The van der Waals surface area contributed by atoms with Crippen LogP contribution in [-0.4, -0.2) is 153 Å². The number of rotatable bonds is 31. The van der Waals surface area contributed by atoms with Crippen LogP contribution in [0.25, 0.3) is 0 Å². The van der Waals surface area contributed by atoms with Crippen molar-refractivity contribution in [2.45, 2.75) is 114 Å². The number of nitrogens with two attached hydrogens (primary N) is 2. The van der Waals surface area contributed by atoms with Gasteiger partial charge < -0.3 is 68.8 Å². The van der Waals surface area contributed by atoms with E-state index >= 15 is 0 Å². The largest absolute Gasteiger partial charge is 0.508 e. The number of carbonyl (C=O) groups excluding carboxylic acids is 8. The number of amides is 7. The lowest BCUT2D eigenvalue weighted by Crippen LogP contribution is -2.61. The Labute approximate surface area is 486 Å². The van der Waals surface area contributed by atoms with Crippen molar-refractivity contribution in [2.24, 2.45) is 22.4 Å². The lowest BCUT2D eigenvalue weighted by atomic mass is 9.96. The van der Waals surface area contributed by atoms with Gasteiger partial charge in [-0.15, -0.1) is 0 Å². The normalized spacial score (nSPS) is 15.3. The summed E-state index contributed by atoms with van der Waals surface area (Å²) in [4.78, 5) is 138. The third-order valence-electron chi connectivity index (χ3n) is 14.4. The van der Waals surface area contributed by atoms with Crippen LogP contribution in [0.1, 0.15) is 84.3 Å². The number of nitrogens with zero attached hydrogens (tertiary/aromatic N) is 3. The van der Waals surface area contributed by atoms with Crippen molar-refractivity contribution in [1.29, 1.82) is 0 Å². The Bertz CT molecular complexity index is 3050. The fraction of sp³-hybridized carbons (Fsp3) is 0.383. The van der Waals surface area contributed by atoms with Gasteiger partial charge in [-0.3, -0.25) is 43.3 Å². The number of benzene rings is 4. The molecule has 84 heavy (non-hydrogen) atoms. The Morgan fingerprint density at radius 1 is 0.679 bits per heavy atom. The number of ketones is 1. The maximum Gasteiger partial charge on any atom is 0.326 e. The second-order valence-electron chi connectivity index (χ2n) is 20.7. The van der Waals surface area contributed by atoms with E-state index in [1.165, 1.54) is 29.6 Å². The van der Waals surface area contributed by atoms with Gasteiger partial charge in [0.2, 0.25) is 41.4 Å². The number of nitrogens with one attached hydrogen (secondary N) is 8. The highest BCUT2D eigenvalue weighted by Gasteiger charge is 2.41. The fourth-order valence-corrected chi connectivity index (χ4v) is 9.65. The molecule has 0 radical (unpaired) electrons. The van der Waals surface area contributed by atoms with E-state index in [0.29, 0.717) is 46.4 Å². The zero-order valence-electron chi connectivity index (χ0n) is 47.2. The zero-order chi connectivity index (χ0) is 60.7. The number of aliphatic imine (C=N–C) groups is 1. The van der Waals surface area contributed by atoms with E-state index < -0.39 is 95.5 Å². The van der Waals surface area contributed by atoms with E-state index in [1.54, 1.807) is 118 Å². The summed E-state index contributed by atoms with van der Waals surface area (Å²) in [6.07, 6.45) is 3.67. The number of likely N-dealkylation sites (tertiary alicyclic amines) is 1. The first-order chi connectivity index (χ1) is 40.3. The van der Waals surface area contributed by atoms with Crippen molar-refractivity contribution in [1.82, 2.24) is 52.1 Å². The van der Waals surface area contributed by atoms with Crippen LogP contribution in [-0.2, 0) is 64.0 Å². The number of hydrogen-bond donors (Lipinski definition) is 12. The molecular formula is C60H75N13O11. The van der Waals surface area contributed by atoms with Gasteiger partial charge in [0.1, 0.15) is 48.0 Å². The van der Waals surface area contributed by atoms with E-state index in [1.807, 2.05) is 0 Å². The molecule has 6 rings (SSSR count). The molecule has 1 aliphatic heterocycles. The number of H-pyrrole nitrogens is 1. The molecule has 5 aromatic rings. The van der Waals surface area contributed by atoms with E-state index in [2.05, 4.69) is 52.2 Å². The third kappa shape index (κ3) is 19.1. The zero-order valence-corrected chi connectivity index (χ0v) is 47.2. The summed E-state index contributed by atoms with van der Waals surface area (Å²) in [5, 5.41) is 39.5. The second kappa shape index (κ2) is 31.7. The molecular weight excluding hydrogens is 1080 g/mol. The molecule has 0 bridgehead atoms. The summed E-state index contributed by atoms with van der Waals surface area (Å²) < 4.78 is 0. The first-order valence-corrected chi connectivity index (χ1v) is 27.9. The molecule has 7 amide bonds. The smallest absolute Gasteiger partial charge is 0.326 e. The summed E-state index contributed by atoms with van der Waals surface area (Å²) >= 11 is 0. The predicted molar refractivity (Wildman–Crippen MR) is 312 cm³/mol. The fourth-order valence-electron chi connectivity index (χ4n) is 9.65. The van der Waals surface area contributed by atoms with Crippen molar-refractivity contribution in [3.63, 3.8) is 0 Å². The van der Waals surface area contributed by atoms with Gasteiger partial charge in [-0.05, 0) is 67.5 Å². The molecule has 8 atom stereocenters. The van der Waals surface area contributed by atoms with Gasteiger partial charge in [0.25, 0.3) is 0 Å². The van der Waals surface area contributed by atoms with Gasteiger partial charge in [-0.2, -0.15) is 0 Å². The third-order valence-corrected chi connectivity index (χ3v) is 14.4. The molecule has 1 saturated heterocycles. The van der Waals surface area contributed by atoms with Crippen LogP contribution in [0.5, 0.6) is 5.75 Å². The number of aromatic amines is 1. The van der Waals surface area contributed by atoms with Crippen molar-refractivity contribution in [2.75, 3.05) is 26.7 Å². The van der Waals surface area contributed by atoms with Crippen LogP contribution >= 0.6 is 0 Å². The number of carboxylic acid groups (broad SMARTS) is 1. The highest BCUT2D eigenvalue weighted by molar-refractivity contribution is 6.09. The molecule has 24 heteroatoms.